The minimum atomic E-state index is -4.42. The van der Waals surface area contributed by atoms with E-state index in [0.717, 1.165) is 18.9 Å². The van der Waals surface area contributed by atoms with Gasteiger partial charge in [0.2, 0.25) is 0 Å². The van der Waals surface area contributed by atoms with E-state index in [1.54, 1.807) is 11.9 Å². The zero-order chi connectivity index (χ0) is 20.5. The molecule has 0 aromatic carbocycles. The second-order valence-corrected chi connectivity index (χ2v) is 8.33. The zero-order valence-corrected chi connectivity index (χ0v) is 16.8. The molecule has 3 rings (SSSR count). The summed E-state index contributed by atoms with van der Waals surface area (Å²) in [6, 6.07) is 2.14. The molecule has 3 heterocycles. The smallest absolute Gasteiger partial charge is 0.341 e. The molecule has 1 atom stereocenters. The number of urea groups is 1. The van der Waals surface area contributed by atoms with Crippen LogP contribution < -0.4 is 5.32 Å². The molecule has 3 amide bonds. The summed E-state index contributed by atoms with van der Waals surface area (Å²) in [5.74, 6) is -0.343. The van der Waals surface area contributed by atoms with Crippen LogP contribution in [0.25, 0.3) is 0 Å². The first-order valence-corrected chi connectivity index (χ1v) is 10.2. The Kier molecular flexibility index (Phi) is 5.90. The quantitative estimate of drug-likeness (QED) is 0.821. The second kappa shape index (κ2) is 7.90. The van der Waals surface area contributed by atoms with E-state index in [2.05, 4.69) is 17.1 Å². The molecule has 6 nitrogen and oxygen atoms in total. The molecule has 10 heteroatoms. The van der Waals surface area contributed by atoms with Crippen molar-refractivity contribution in [3.05, 3.63) is 21.9 Å². The van der Waals surface area contributed by atoms with Gasteiger partial charge in [-0.2, -0.15) is 13.2 Å². The standard InChI is InChI=1S/C18H25F3N4O2S/c1-3-17(6-7-24(12-17)16(27)22-2)25-10-8-23(9-11-25)15(26)13-4-5-14(28-13)18(19,20)21/h4-5H,3,6-12H2,1-2H3,(H,22,27)/t17-/m1/s1. The molecule has 0 aliphatic carbocycles. The summed E-state index contributed by atoms with van der Waals surface area (Å²) < 4.78 is 38.3. The number of hydrogen-bond acceptors (Lipinski definition) is 4. The SMILES string of the molecule is CC[C@@]1(N2CCN(C(=O)c3ccc(C(F)(F)F)s3)CC2)CCN(C(=O)NC)C1. The van der Waals surface area contributed by atoms with E-state index in [9.17, 15) is 22.8 Å². The third kappa shape index (κ3) is 3.98. The van der Waals surface area contributed by atoms with Gasteiger partial charge in [-0.15, -0.1) is 11.3 Å². The number of hydrogen-bond donors (Lipinski definition) is 1. The van der Waals surface area contributed by atoms with Crippen LogP contribution in [-0.2, 0) is 6.18 Å². The van der Waals surface area contributed by atoms with Crippen molar-refractivity contribution < 1.29 is 22.8 Å². The Hall–Kier alpha value is -1.81. The van der Waals surface area contributed by atoms with E-state index in [1.807, 2.05) is 4.90 Å². The van der Waals surface area contributed by atoms with Gasteiger partial charge in [-0.1, -0.05) is 6.92 Å². The van der Waals surface area contributed by atoms with Crippen molar-refractivity contribution >= 4 is 23.3 Å². The lowest BCUT2D eigenvalue weighted by atomic mass is 9.92. The van der Waals surface area contributed by atoms with Gasteiger partial charge in [0, 0.05) is 51.9 Å². The van der Waals surface area contributed by atoms with Crippen LogP contribution in [0.15, 0.2) is 12.1 Å². The van der Waals surface area contributed by atoms with Crippen molar-refractivity contribution in [3.63, 3.8) is 0 Å². The van der Waals surface area contributed by atoms with Gasteiger partial charge >= 0.3 is 12.2 Å². The van der Waals surface area contributed by atoms with Crippen LogP contribution in [0.1, 0.15) is 34.3 Å². The second-order valence-electron chi connectivity index (χ2n) is 7.25. The van der Waals surface area contributed by atoms with E-state index in [1.165, 1.54) is 6.07 Å². The molecule has 28 heavy (non-hydrogen) atoms. The van der Waals surface area contributed by atoms with Crippen molar-refractivity contribution in [1.82, 2.24) is 20.0 Å². The average molecular weight is 418 g/mol. The Labute approximate surface area is 166 Å². The number of alkyl halides is 3. The summed E-state index contributed by atoms with van der Waals surface area (Å²) in [7, 11) is 1.62. The number of likely N-dealkylation sites (tertiary alicyclic amines) is 1. The summed E-state index contributed by atoms with van der Waals surface area (Å²) in [4.78, 5) is 29.7. The molecule has 156 valence electrons. The van der Waals surface area contributed by atoms with Crippen molar-refractivity contribution in [1.29, 1.82) is 0 Å². The highest BCUT2D eigenvalue weighted by molar-refractivity contribution is 7.14. The Morgan fingerprint density at radius 1 is 1.14 bits per heavy atom. The van der Waals surface area contributed by atoms with Crippen LogP contribution in [0.4, 0.5) is 18.0 Å². The fraction of sp³-hybridized carbons (Fsp3) is 0.667. The van der Waals surface area contributed by atoms with Crippen molar-refractivity contribution in [2.24, 2.45) is 0 Å². The topological polar surface area (TPSA) is 55.9 Å². The van der Waals surface area contributed by atoms with Crippen molar-refractivity contribution in [2.75, 3.05) is 46.3 Å². The largest absolute Gasteiger partial charge is 0.425 e. The Morgan fingerprint density at radius 2 is 1.82 bits per heavy atom. The first-order valence-electron chi connectivity index (χ1n) is 9.38. The Bertz CT molecular complexity index is 731. The highest BCUT2D eigenvalue weighted by atomic mass is 32.1. The van der Waals surface area contributed by atoms with Gasteiger partial charge in [-0.3, -0.25) is 9.69 Å². The maximum absolute atomic E-state index is 12.8. The third-order valence-electron chi connectivity index (χ3n) is 5.83. The van der Waals surface area contributed by atoms with E-state index >= 15 is 0 Å². The number of carbonyl (C=O) groups excluding carboxylic acids is 2. The van der Waals surface area contributed by atoms with Gasteiger partial charge in [0.15, 0.2) is 0 Å². The molecule has 2 saturated heterocycles. The van der Waals surface area contributed by atoms with E-state index in [4.69, 9.17) is 0 Å². The molecule has 0 saturated carbocycles. The number of thiophene rings is 1. The maximum atomic E-state index is 12.8. The van der Waals surface area contributed by atoms with Gasteiger partial charge < -0.3 is 15.1 Å². The fourth-order valence-corrected chi connectivity index (χ4v) is 4.94. The van der Waals surface area contributed by atoms with Gasteiger partial charge in [0.25, 0.3) is 5.91 Å². The number of amides is 3. The van der Waals surface area contributed by atoms with Crippen LogP contribution >= 0.6 is 11.3 Å². The molecule has 0 unspecified atom stereocenters. The predicted molar refractivity (Wildman–Crippen MR) is 100 cm³/mol. The lowest BCUT2D eigenvalue weighted by Crippen LogP contribution is -2.59. The minimum absolute atomic E-state index is 0.0812. The first kappa shape index (κ1) is 20.9. The monoisotopic (exact) mass is 418 g/mol. The van der Waals surface area contributed by atoms with E-state index < -0.39 is 11.1 Å². The number of piperazine rings is 1. The lowest BCUT2D eigenvalue weighted by Gasteiger charge is -2.45. The minimum Gasteiger partial charge on any atom is -0.341 e. The van der Waals surface area contributed by atoms with Crippen LogP contribution in [0.5, 0.6) is 0 Å². The Balaban J connectivity index is 1.61. The highest BCUT2D eigenvalue weighted by Gasteiger charge is 2.44. The van der Waals surface area contributed by atoms with Gasteiger partial charge in [-0.25, -0.2) is 4.79 Å². The highest BCUT2D eigenvalue weighted by Crippen LogP contribution is 2.36. The van der Waals surface area contributed by atoms with Gasteiger partial charge in [0.1, 0.15) is 4.88 Å². The fourth-order valence-electron chi connectivity index (χ4n) is 4.10. The normalized spacial score (nSPS) is 23.9. The molecule has 2 fully saturated rings. The number of halogens is 3. The Morgan fingerprint density at radius 3 is 2.36 bits per heavy atom. The molecule has 2 aliphatic rings. The lowest BCUT2D eigenvalue weighted by molar-refractivity contribution is -0.134. The molecular weight excluding hydrogens is 393 g/mol. The van der Waals surface area contributed by atoms with E-state index in [0.29, 0.717) is 50.6 Å². The average Bonchev–Trinajstić information content (AvgIpc) is 3.35. The number of rotatable bonds is 3. The summed E-state index contributed by atoms with van der Waals surface area (Å²) in [5, 5.41) is 2.66. The maximum Gasteiger partial charge on any atom is 0.425 e. The summed E-state index contributed by atoms with van der Waals surface area (Å²) in [6.07, 6.45) is -2.65. The number of nitrogens with zero attached hydrogens (tertiary/aromatic N) is 3. The summed E-state index contributed by atoms with van der Waals surface area (Å²) in [6.45, 7) is 5.70. The predicted octanol–water partition coefficient (Wildman–Crippen LogP) is 2.72. The van der Waals surface area contributed by atoms with Crippen LogP contribution in [0.3, 0.4) is 0 Å². The van der Waals surface area contributed by atoms with Gasteiger partial charge in [-0.05, 0) is 25.0 Å². The molecule has 1 aromatic rings. The molecule has 2 aliphatic heterocycles. The molecular formula is C18H25F3N4O2S. The first-order chi connectivity index (χ1) is 13.2. The molecule has 0 radical (unpaired) electrons. The molecule has 1 N–H and O–H groups in total. The molecule has 0 spiro atoms. The molecule has 0 bridgehead atoms. The van der Waals surface area contributed by atoms with Gasteiger partial charge in [0.05, 0.1) is 4.88 Å². The third-order valence-corrected chi connectivity index (χ3v) is 6.94. The van der Waals surface area contributed by atoms with Crippen LogP contribution in [0, 0.1) is 0 Å². The number of carbonyl (C=O) groups is 2. The van der Waals surface area contributed by atoms with Crippen molar-refractivity contribution in [2.45, 2.75) is 31.5 Å². The van der Waals surface area contributed by atoms with Crippen molar-refractivity contribution in [3.8, 4) is 0 Å². The van der Waals surface area contributed by atoms with Crippen LogP contribution in [0.2, 0.25) is 0 Å². The number of nitrogens with one attached hydrogen (secondary N) is 1. The summed E-state index contributed by atoms with van der Waals surface area (Å²) >= 11 is 0.497. The van der Waals surface area contributed by atoms with Crippen LogP contribution in [-0.4, -0.2) is 78.5 Å². The summed E-state index contributed by atoms with van der Waals surface area (Å²) in [5.41, 5.74) is -0.103. The van der Waals surface area contributed by atoms with E-state index in [-0.39, 0.29) is 22.4 Å². The molecule has 1 aromatic heterocycles. The zero-order valence-electron chi connectivity index (χ0n) is 16.0.